The van der Waals surface area contributed by atoms with Gasteiger partial charge < -0.3 is 15.0 Å². The second-order valence-electron chi connectivity index (χ2n) is 8.48. The number of carbonyl (C=O) groups is 2. The fourth-order valence-electron chi connectivity index (χ4n) is 3.58. The number of hydrogen-bond acceptors (Lipinski definition) is 5. The van der Waals surface area contributed by atoms with Crippen LogP contribution in [-0.2, 0) is 26.2 Å². The second-order valence-corrected chi connectivity index (χ2v) is 10.4. The van der Waals surface area contributed by atoms with Crippen molar-refractivity contribution in [2.75, 3.05) is 24.2 Å². The van der Waals surface area contributed by atoms with E-state index in [2.05, 4.69) is 5.32 Å². The van der Waals surface area contributed by atoms with Crippen molar-refractivity contribution in [1.29, 1.82) is 0 Å². The Hall–Kier alpha value is -3.21. The molecule has 2 atom stereocenters. The molecule has 2 rings (SSSR count). The molecule has 0 unspecified atom stereocenters. The van der Waals surface area contributed by atoms with Gasteiger partial charge in [-0.2, -0.15) is 0 Å². The van der Waals surface area contributed by atoms with Gasteiger partial charge in [-0.05, 0) is 49.6 Å². The first-order chi connectivity index (χ1) is 16.9. The average Bonchev–Trinajstić information content (AvgIpc) is 2.83. The number of benzene rings is 2. The lowest BCUT2D eigenvalue weighted by Gasteiger charge is -2.33. The summed E-state index contributed by atoms with van der Waals surface area (Å²) < 4.78 is 58.3. The third-order valence-corrected chi connectivity index (χ3v) is 6.88. The molecule has 0 bridgehead atoms. The molecule has 0 aliphatic carbocycles. The van der Waals surface area contributed by atoms with Crippen molar-refractivity contribution in [3.63, 3.8) is 0 Å². The van der Waals surface area contributed by atoms with Crippen LogP contribution in [0.25, 0.3) is 0 Å². The number of carbonyl (C=O) groups excluding carboxylic acids is 2. The molecule has 0 saturated heterocycles. The Kier molecular flexibility index (Phi) is 10.2. The monoisotopic (exact) mass is 525 g/mol. The van der Waals surface area contributed by atoms with Crippen LogP contribution in [0.3, 0.4) is 0 Å². The van der Waals surface area contributed by atoms with Crippen molar-refractivity contribution >= 4 is 27.5 Å². The molecule has 2 aromatic rings. The number of nitrogens with one attached hydrogen (secondary N) is 1. The molecule has 0 fully saturated rings. The number of sulfonamides is 1. The first-order valence-corrected chi connectivity index (χ1v) is 13.4. The van der Waals surface area contributed by atoms with Crippen LogP contribution in [0.5, 0.6) is 5.75 Å². The summed E-state index contributed by atoms with van der Waals surface area (Å²) in [6, 6.07) is 8.48. The van der Waals surface area contributed by atoms with Crippen LogP contribution in [0.1, 0.15) is 39.2 Å². The van der Waals surface area contributed by atoms with Gasteiger partial charge in [0.25, 0.3) is 0 Å². The zero-order valence-electron chi connectivity index (χ0n) is 21.1. The number of halogens is 2. The van der Waals surface area contributed by atoms with Gasteiger partial charge in [0.2, 0.25) is 21.8 Å². The van der Waals surface area contributed by atoms with Crippen LogP contribution in [0.15, 0.2) is 42.5 Å². The van der Waals surface area contributed by atoms with Crippen molar-refractivity contribution in [2.24, 2.45) is 0 Å². The molecule has 2 amide bonds. The molecule has 0 aliphatic heterocycles. The number of ether oxygens (including phenoxy) is 1. The predicted octanol–water partition coefficient (Wildman–Crippen LogP) is 3.46. The number of rotatable bonds is 12. The van der Waals surface area contributed by atoms with Crippen LogP contribution in [0.2, 0.25) is 0 Å². The zero-order chi connectivity index (χ0) is 27.0. The van der Waals surface area contributed by atoms with Gasteiger partial charge in [0, 0.05) is 18.7 Å². The highest BCUT2D eigenvalue weighted by Gasteiger charge is 2.32. The number of methoxy groups -OCH3 is 1. The summed E-state index contributed by atoms with van der Waals surface area (Å²) in [4.78, 5) is 28.0. The second kappa shape index (κ2) is 12.7. The normalized spacial score (nSPS) is 13.0. The van der Waals surface area contributed by atoms with E-state index in [0.717, 1.165) is 18.4 Å². The number of anilines is 1. The summed E-state index contributed by atoms with van der Waals surface area (Å²) in [6.07, 6.45) is 1.81. The summed E-state index contributed by atoms with van der Waals surface area (Å²) in [5.41, 5.74) is 0.458. The van der Waals surface area contributed by atoms with Gasteiger partial charge >= 0.3 is 0 Å². The Morgan fingerprint density at radius 2 is 1.75 bits per heavy atom. The Balaban J connectivity index is 2.47. The SMILES string of the molecule is CC[C@@H](C)NC(=O)[C@@H](CC)N(Cc1cccc(OC)c1)C(=O)CN(c1ccc(F)c(F)c1)S(C)(=O)=O. The maximum atomic E-state index is 13.9. The van der Waals surface area contributed by atoms with E-state index in [-0.39, 0.29) is 30.6 Å². The lowest BCUT2D eigenvalue weighted by Crippen LogP contribution is -2.53. The summed E-state index contributed by atoms with van der Waals surface area (Å²) in [5, 5.41) is 2.87. The highest BCUT2D eigenvalue weighted by molar-refractivity contribution is 7.92. The molecular weight excluding hydrogens is 492 g/mol. The van der Waals surface area contributed by atoms with Crippen molar-refractivity contribution in [1.82, 2.24) is 10.2 Å². The average molecular weight is 526 g/mol. The lowest BCUT2D eigenvalue weighted by molar-refractivity contribution is -0.140. The van der Waals surface area contributed by atoms with E-state index in [1.165, 1.54) is 12.0 Å². The molecule has 0 aliphatic rings. The van der Waals surface area contributed by atoms with E-state index in [1.54, 1.807) is 31.2 Å². The Morgan fingerprint density at radius 3 is 2.31 bits per heavy atom. The molecule has 198 valence electrons. The minimum Gasteiger partial charge on any atom is -0.497 e. The van der Waals surface area contributed by atoms with Crippen LogP contribution >= 0.6 is 0 Å². The van der Waals surface area contributed by atoms with Crippen molar-refractivity contribution in [3.05, 3.63) is 59.7 Å². The fraction of sp³-hybridized carbons (Fsp3) is 0.440. The molecular formula is C25H33F2N3O5S. The highest BCUT2D eigenvalue weighted by Crippen LogP contribution is 2.22. The summed E-state index contributed by atoms with van der Waals surface area (Å²) in [5.74, 6) is -2.90. The molecule has 0 spiro atoms. The van der Waals surface area contributed by atoms with Crippen LogP contribution in [0.4, 0.5) is 14.5 Å². The smallest absolute Gasteiger partial charge is 0.244 e. The van der Waals surface area contributed by atoms with E-state index >= 15 is 0 Å². The van der Waals surface area contributed by atoms with Crippen molar-refractivity contribution in [2.45, 2.75) is 52.2 Å². The Labute approximate surface area is 211 Å². The van der Waals surface area contributed by atoms with Crippen molar-refractivity contribution in [3.8, 4) is 5.75 Å². The summed E-state index contributed by atoms with van der Waals surface area (Å²) in [6.45, 7) is 4.79. The van der Waals surface area contributed by atoms with Crippen LogP contribution in [-0.4, -0.2) is 57.1 Å². The molecule has 36 heavy (non-hydrogen) atoms. The molecule has 0 saturated carbocycles. The Bertz CT molecular complexity index is 1180. The number of amides is 2. The van der Waals surface area contributed by atoms with Gasteiger partial charge in [-0.15, -0.1) is 0 Å². The van der Waals surface area contributed by atoms with E-state index in [1.807, 2.05) is 13.8 Å². The first-order valence-electron chi connectivity index (χ1n) is 11.6. The molecule has 0 aromatic heterocycles. The molecule has 1 N–H and O–H groups in total. The zero-order valence-corrected chi connectivity index (χ0v) is 21.9. The Morgan fingerprint density at radius 1 is 1.06 bits per heavy atom. The minimum atomic E-state index is -4.06. The largest absolute Gasteiger partial charge is 0.497 e. The third-order valence-electron chi connectivity index (χ3n) is 5.74. The number of nitrogens with zero attached hydrogens (tertiary/aromatic N) is 2. The van der Waals surface area contributed by atoms with E-state index in [9.17, 15) is 26.8 Å². The molecule has 11 heteroatoms. The van der Waals surface area contributed by atoms with Gasteiger partial charge in [-0.25, -0.2) is 17.2 Å². The van der Waals surface area contributed by atoms with Gasteiger partial charge in [-0.3, -0.25) is 13.9 Å². The fourth-order valence-corrected chi connectivity index (χ4v) is 4.42. The maximum absolute atomic E-state index is 13.9. The number of hydrogen-bond donors (Lipinski definition) is 1. The summed E-state index contributed by atoms with van der Waals surface area (Å²) in [7, 11) is -2.56. The van der Waals surface area contributed by atoms with Gasteiger partial charge in [0.15, 0.2) is 11.6 Å². The topological polar surface area (TPSA) is 96.0 Å². The third kappa shape index (κ3) is 7.64. The van der Waals surface area contributed by atoms with E-state index < -0.39 is 40.2 Å². The summed E-state index contributed by atoms with van der Waals surface area (Å²) >= 11 is 0. The van der Waals surface area contributed by atoms with Crippen LogP contribution in [0, 0.1) is 11.6 Å². The first kappa shape index (κ1) is 29.0. The standard InChI is InChI=1S/C25H33F2N3O5S/c1-6-17(3)28-25(32)23(7-2)29(15-18-9-8-10-20(13-18)35-4)24(31)16-30(36(5,33)34)19-11-12-21(26)22(27)14-19/h8-14,17,23H,6-7,15-16H2,1-5H3,(H,28,32)/t17-,23-/m1/s1. The van der Waals surface area contributed by atoms with Crippen LogP contribution < -0.4 is 14.4 Å². The van der Waals surface area contributed by atoms with Gasteiger partial charge in [0.1, 0.15) is 18.3 Å². The molecule has 2 aromatic carbocycles. The molecule has 0 radical (unpaired) electrons. The molecule has 0 heterocycles. The van der Waals surface area contributed by atoms with Gasteiger partial charge in [0.05, 0.1) is 19.1 Å². The molecule has 8 nitrogen and oxygen atoms in total. The minimum absolute atomic E-state index is 0.00214. The van der Waals surface area contributed by atoms with E-state index in [4.69, 9.17) is 4.74 Å². The maximum Gasteiger partial charge on any atom is 0.244 e. The predicted molar refractivity (Wildman–Crippen MR) is 134 cm³/mol. The van der Waals surface area contributed by atoms with Gasteiger partial charge in [-0.1, -0.05) is 26.0 Å². The highest BCUT2D eigenvalue weighted by atomic mass is 32.2. The quantitative estimate of drug-likeness (QED) is 0.458. The van der Waals surface area contributed by atoms with E-state index in [0.29, 0.717) is 28.1 Å². The van der Waals surface area contributed by atoms with Crippen molar-refractivity contribution < 1.29 is 31.5 Å². The lowest BCUT2D eigenvalue weighted by atomic mass is 10.1.